The van der Waals surface area contributed by atoms with Gasteiger partial charge in [0, 0.05) is 19.3 Å². The molecule has 0 aliphatic heterocycles. The maximum atomic E-state index is 12.7. The third-order valence-electron chi connectivity index (χ3n) is 9.09. The molecule has 0 spiro atoms. The predicted octanol–water partition coefficient (Wildman–Crippen LogP) is 9.35. The normalized spacial score (nSPS) is 13.4. The molecular formula is C43H77NO7. The zero-order chi connectivity index (χ0) is 37.8. The van der Waals surface area contributed by atoms with E-state index < -0.39 is 18.1 Å². The number of carboxylic acid groups (broad SMARTS) is 1. The number of quaternary nitrogens is 1. The van der Waals surface area contributed by atoms with Crippen molar-refractivity contribution in [2.75, 3.05) is 41.0 Å². The van der Waals surface area contributed by atoms with E-state index >= 15 is 0 Å². The van der Waals surface area contributed by atoms with Gasteiger partial charge in [-0.15, -0.1) is 0 Å². The molecule has 0 amide bonds. The van der Waals surface area contributed by atoms with E-state index in [4.69, 9.17) is 14.2 Å². The highest BCUT2D eigenvalue weighted by Crippen LogP contribution is 2.13. The first-order valence-corrected chi connectivity index (χ1v) is 20.5. The molecule has 0 saturated heterocycles. The first-order valence-electron chi connectivity index (χ1n) is 20.5. The number of hydrogen-bond acceptors (Lipinski definition) is 7. The van der Waals surface area contributed by atoms with Crippen LogP contribution >= 0.6 is 0 Å². The van der Waals surface area contributed by atoms with Crippen molar-refractivity contribution < 1.29 is 38.2 Å². The molecule has 0 heterocycles. The van der Waals surface area contributed by atoms with E-state index in [1.165, 1.54) is 70.6 Å². The SMILES string of the molecule is CCCCCCC/C=C/C=C/C=C/CCCCCCCC(=O)OC(COCCC(C(=O)[O-])[N+](C)(C)C)COC(=O)CCCCCCCCCCC. The summed E-state index contributed by atoms with van der Waals surface area (Å²) in [5.74, 6) is -1.76. The summed E-state index contributed by atoms with van der Waals surface area (Å²) < 4.78 is 17.1. The summed E-state index contributed by atoms with van der Waals surface area (Å²) in [6, 6.07) is -0.727. The van der Waals surface area contributed by atoms with Crippen LogP contribution in [0.5, 0.6) is 0 Å². The van der Waals surface area contributed by atoms with E-state index in [9.17, 15) is 19.5 Å². The monoisotopic (exact) mass is 720 g/mol. The topological polar surface area (TPSA) is 102 Å². The Kier molecular flexibility index (Phi) is 33.0. The highest BCUT2D eigenvalue weighted by atomic mass is 16.6. The molecule has 0 aliphatic rings. The maximum absolute atomic E-state index is 12.7. The van der Waals surface area contributed by atoms with Gasteiger partial charge in [0.15, 0.2) is 6.10 Å². The minimum absolute atomic E-state index is 0.0338. The molecule has 0 rings (SSSR count). The summed E-state index contributed by atoms with van der Waals surface area (Å²) in [5.41, 5.74) is 0. The maximum Gasteiger partial charge on any atom is 0.306 e. The lowest BCUT2D eigenvalue weighted by atomic mass is 10.1. The number of unbranched alkanes of at least 4 members (excludes halogenated alkanes) is 18. The predicted molar refractivity (Wildman–Crippen MR) is 208 cm³/mol. The van der Waals surface area contributed by atoms with E-state index in [1.807, 2.05) is 0 Å². The fourth-order valence-corrected chi connectivity index (χ4v) is 5.84. The Morgan fingerprint density at radius 3 is 1.51 bits per heavy atom. The number of carbonyl (C=O) groups excluding carboxylic acids is 3. The van der Waals surface area contributed by atoms with Gasteiger partial charge in [0.05, 0.1) is 40.3 Å². The number of hydrogen-bond donors (Lipinski definition) is 0. The number of carbonyl (C=O) groups is 3. The average Bonchev–Trinajstić information content (AvgIpc) is 3.08. The number of likely N-dealkylation sites (N-methyl/N-ethyl adjacent to an activating group) is 1. The number of carboxylic acids is 1. The van der Waals surface area contributed by atoms with Crippen LogP contribution in [-0.4, -0.2) is 75.5 Å². The van der Waals surface area contributed by atoms with Gasteiger partial charge in [0.25, 0.3) is 0 Å². The van der Waals surface area contributed by atoms with Gasteiger partial charge in [-0.25, -0.2) is 0 Å². The quantitative estimate of drug-likeness (QED) is 0.0275. The number of nitrogens with zero attached hydrogens (tertiary/aromatic N) is 1. The number of aliphatic carboxylic acids is 1. The van der Waals surface area contributed by atoms with E-state index in [1.54, 1.807) is 21.1 Å². The second-order valence-electron chi connectivity index (χ2n) is 14.9. The molecule has 0 aliphatic carbocycles. The number of allylic oxidation sites excluding steroid dienone is 6. The van der Waals surface area contributed by atoms with Gasteiger partial charge in [-0.05, 0) is 38.5 Å². The van der Waals surface area contributed by atoms with Crippen LogP contribution in [0, 0.1) is 0 Å². The van der Waals surface area contributed by atoms with Crippen molar-refractivity contribution >= 4 is 17.9 Å². The van der Waals surface area contributed by atoms with Gasteiger partial charge >= 0.3 is 11.9 Å². The van der Waals surface area contributed by atoms with Gasteiger partial charge in [-0.3, -0.25) is 9.59 Å². The highest BCUT2D eigenvalue weighted by molar-refractivity contribution is 5.70. The second kappa shape index (κ2) is 34.6. The van der Waals surface area contributed by atoms with Crippen LogP contribution in [-0.2, 0) is 28.6 Å². The van der Waals surface area contributed by atoms with Crippen LogP contribution in [0.15, 0.2) is 36.5 Å². The summed E-state index contributed by atoms with van der Waals surface area (Å²) in [6.07, 6.45) is 37.4. The van der Waals surface area contributed by atoms with E-state index in [0.717, 1.165) is 64.2 Å². The van der Waals surface area contributed by atoms with Crippen molar-refractivity contribution in [3.8, 4) is 0 Å². The Morgan fingerprint density at radius 2 is 1.04 bits per heavy atom. The Bertz CT molecular complexity index is 937. The molecule has 0 fully saturated rings. The van der Waals surface area contributed by atoms with Crippen molar-refractivity contribution in [3.63, 3.8) is 0 Å². The summed E-state index contributed by atoms with van der Waals surface area (Å²) >= 11 is 0. The molecule has 296 valence electrons. The van der Waals surface area contributed by atoms with Crippen LogP contribution < -0.4 is 5.11 Å². The molecule has 0 aromatic carbocycles. The van der Waals surface area contributed by atoms with Crippen LogP contribution in [0.4, 0.5) is 0 Å². The van der Waals surface area contributed by atoms with Crippen molar-refractivity contribution in [3.05, 3.63) is 36.5 Å². The van der Waals surface area contributed by atoms with Crippen LogP contribution in [0.3, 0.4) is 0 Å². The summed E-state index contributed by atoms with van der Waals surface area (Å²) in [4.78, 5) is 36.7. The third-order valence-corrected chi connectivity index (χ3v) is 9.09. The lowest BCUT2D eigenvalue weighted by Crippen LogP contribution is -2.55. The first kappa shape index (κ1) is 48.5. The number of ether oxygens (including phenoxy) is 3. The summed E-state index contributed by atoms with van der Waals surface area (Å²) in [5, 5.41) is 11.6. The van der Waals surface area contributed by atoms with E-state index in [-0.39, 0.29) is 42.7 Å². The molecule has 2 atom stereocenters. The standard InChI is InChI=1S/C43H77NO7/c1-6-8-10-12-14-16-17-18-19-20-21-22-23-24-26-28-30-32-34-42(46)51-39(37-49-36-35-40(43(47)48)44(3,4)5)38-50-41(45)33-31-29-27-25-15-13-11-9-7-2/h17-22,39-40H,6-16,23-38H2,1-5H3/b18-17+,20-19+,22-21+. The Labute approximate surface area is 313 Å². The average molecular weight is 720 g/mol. The summed E-state index contributed by atoms with van der Waals surface area (Å²) in [6.45, 7) is 4.59. The van der Waals surface area contributed by atoms with Gasteiger partial charge in [0.1, 0.15) is 12.6 Å². The summed E-state index contributed by atoms with van der Waals surface area (Å²) in [7, 11) is 5.39. The molecule has 0 aromatic rings. The minimum atomic E-state index is -1.13. The lowest BCUT2D eigenvalue weighted by molar-refractivity contribution is -0.889. The van der Waals surface area contributed by atoms with Crippen LogP contribution in [0.1, 0.15) is 168 Å². The number of esters is 2. The fraction of sp³-hybridized carbons (Fsp3) is 0.791. The second-order valence-corrected chi connectivity index (χ2v) is 14.9. The van der Waals surface area contributed by atoms with Crippen LogP contribution in [0.25, 0.3) is 0 Å². The van der Waals surface area contributed by atoms with E-state index in [0.29, 0.717) is 12.8 Å². The molecule has 0 bridgehead atoms. The van der Waals surface area contributed by atoms with Gasteiger partial charge in [-0.1, -0.05) is 147 Å². The van der Waals surface area contributed by atoms with E-state index in [2.05, 4.69) is 50.3 Å². The molecule has 2 unspecified atom stereocenters. The lowest BCUT2D eigenvalue weighted by Gasteiger charge is -2.34. The zero-order valence-corrected chi connectivity index (χ0v) is 33.5. The number of rotatable bonds is 36. The van der Waals surface area contributed by atoms with Crippen molar-refractivity contribution in [2.45, 2.75) is 180 Å². The Hall–Kier alpha value is -2.45. The fourth-order valence-electron chi connectivity index (χ4n) is 5.84. The zero-order valence-electron chi connectivity index (χ0n) is 33.5. The minimum Gasteiger partial charge on any atom is -0.544 e. The van der Waals surface area contributed by atoms with Crippen molar-refractivity contribution in [1.29, 1.82) is 0 Å². The first-order chi connectivity index (χ1) is 24.6. The third kappa shape index (κ3) is 33.2. The molecule has 51 heavy (non-hydrogen) atoms. The smallest absolute Gasteiger partial charge is 0.306 e. The molecule has 0 N–H and O–H groups in total. The van der Waals surface area contributed by atoms with Gasteiger partial charge in [-0.2, -0.15) is 0 Å². The molecule has 0 radical (unpaired) electrons. The Balaban J connectivity index is 4.40. The van der Waals surface area contributed by atoms with Crippen molar-refractivity contribution in [1.82, 2.24) is 0 Å². The van der Waals surface area contributed by atoms with Gasteiger partial charge < -0.3 is 28.6 Å². The molecule has 8 nitrogen and oxygen atoms in total. The molecule has 8 heteroatoms. The Morgan fingerprint density at radius 1 is 0.588 bits per heavy atom. The highest BCUT2D eigenvalue weighted by Gasteiger charge is 2.25. The van der Waals surface area contributed by atoms with Gasteiger partial charge in [0.2, 0.25) is 0 Å². The van der Waals surface area contributed by atoms with Crippen LogP contribution in [0.2, 0.25) is 0 Å². The molecular weight excluding hydrogens is 642 g/mol. The molecule has 0 aromatic heterocycles. The van der Waals surface area contributed by atoms with Crippen molar-refractivity contribution in [2.24, 2.45) is 0 Å². The molecule has 0 saturated carbocycles. The largest absolute Gasteiger partial charge is 0.544 e.